The molecule has 0 saturated carbocycles. The first-order chi connectivity index (χ1) is 10.4. The fourth-order valence-corrected chi connectivity index (χ4v) is 1.85. The van der Waals surface area contributed by atoms with Crippen LogP contribution >= 0.6 is 0 Å². The Bertz CT molecular complexity index is 630. The maximum atomic E-state index is 10.7. The molecule has 22 heavy (non-hydrogen) atoms. The Hall–Kier alpha value is -2.63. The molecule has 0 saturated heterocycles. The van der Waals surface area contributed by atoms with Crippen molar-refractivity contribution < 1.29 is 14.6 Å². The summed E-state index contributed by atoms with van der Waals surface area (Å²) in [5.74, 6) is 0.704. The molecule has 6 nitrogen and oxygen atoms in total. The van der Waals surface area contributed by atoms with Gasteiger partial charge in [0.25, 0.3) is 0 Å². The molecule has 0 spiro atoms. The second kappa shape index (κ2) is 6.89. The molecule has 2 aromatic rings. The van der Waals surface area contributed by atoms with Gasteiger partial charge in [0.05, 0.1) is 0 Å². The number of hydrogen-bond donors (Lipinski definition) is 2. The lowest BCUT2D eigenvalue weighted by molar-refractivity contribution is -0.137. The summed E-state index contributed by atoms with van der Waals surface area (Å²) in [6, 6.07) is 11.0. The molecule has 0 unspecified atom stereocenters. The Morgan fingerprint density at radius 1 is 1.27 bits per heavy atom. The summed E-state index contributed by atoms with van der Waals surface area (Å²) in [4.78, 5) is 19.1. The van der Waals surface area contributed by atoms with Crippen LogP contribution in [0.2, 0.25) is 0 Å². The summed E-state index contributed by atoms with van der Waals surface area (Å²) < 4.78 is 5.65. The maximum Gasteiger partial charge on any atom is 0.303 e. The first kappa shape index (κ1) is 15.8. The average Bonchev–Trinajstić information content (AvgIpc) is 2.46. The van der Waals surface area contributed by atoms with E-state index in [0.717, 1.165) is 0 Å². The van der Waals surface area contributed by atoms with Crippen molar-refractivity contribution in [3.63, 3.8) is 0 Å². The van der Waals surface area contributed by atoms with E-state index < -0.39 is 11.5 Å². The summed E-state index contributed by atoms with van der Waals surface area (Å²) in [5.41, 5.74) is -0.427. The SMILES string of the molecule is CC(C)(CCC(=O)O)Nc1nccc(Oc2ccccc2)n1. The predicted molar refractivity (Wildman–Crippen MR) is 83.1 cm³/mol. The largest absolute Gasteiger partial charge is 0.481 e. The molecular formula is C16H19N3O3. The minimum atomic E-state index is -0.822. The van der Waals surface area contributed by atoms with Gasteiger partial charge in [-0.1, -0.05) is 18.2 Å². The first-order valence-electron chi connectivity index (χ1n) is 7.00. The number of aromatic nitrogens is 2. The van der Waals surface area contributed by atoms with Crippen LogP contribution in [0.4, 0.5) is 5.95 Å². The fraction of sp³-hybridized carbons (Fsp3) is 0.312. The number of nitrogens with zero attached hydrogens (tertiary/aromatic N) is 2. The fourth-order valence-electron chi connectivity index (χ4n) is 1.85. The summed E-state index contributed by atoms with van der Waals surface area (Å²) in [7, 11) is 0. The van der Waals surface area contributed by atoms with Crippen LogP contribution in [0.15, 0.2) is 42.6 Å². The highest BCUT2D eigenvalue weighted by atomic mass is 16.5. The van der Waals surface area contributed by atoms with E-state index in [1.165, 1.54) is 0 Å². The molecule has 1 heterocycles. The summed E-state index contributed by atoms with van der Waals surface area (Å²) in [6.45, 7) is 3.81. The molecule has 116 valence electrons. The number of anilines is 1. The highest BCUT2D eigenvalue weighted by Crippen LogP contribution is 2.21. The van der Waals surface area contributed by atoms with Crippen molar-refractivity contribution in [3.8, 4) is 11.6 Å². The Balaban J connectivity index is 2.03. The van der Waals surface area contributed by atoms with Crippen LogP contribution < -0.4 is 10.1 Å². The van der Waals surface area contributed by atoms with Gasteiger partial charge < -0.3 is 15.2 Å². The minimum Gasteiger partial charge on any atom is -0.481 e. The van der Waals surface area contributed by atoms with Crippen LogP contribution in [0, 0.1) is 0 Å². The molecule has 1 aromatic carbocycles. The van der Waals surface area contributed by atoms with Crippen LogP contribution in [0.5, 0.6) is 11.6 Å². The van der Waals surface area contributed by atoms with Crippen LogP contribution in [0.1, 0.15) is 26.7 Å². The predicted octanol–water partition coefficient (Wildman–Crippen LogP) is 3.32. The summed E-state index contributed by atoms with van der Waals surface area (Å²) in [6.07, 6.45) is 2.15. The topological polar surface area (TPSA) is 84.3 Å². The number of carboxylic acid groups (broad SMARTS) is 1. The molecule has 6 heteroatoms. The third-order valence-corrected chi connectivity index (χ3v) is 3.01. The Labute approximate surface area is 129 Å². The molecule has 0 aliphatic carbocycles. The van der Waals surface area contributed by atoms with Crippen molar-refractivity contribution >= 4 is 11.9 Å². The molecule has 2 rings (SSSR count). The van der Waals surface area contributed by atoms with Gasteiger partial charge in [-0.3, -0.25) is 4.79 Å². The number of aliphatic carboxylic acids is 1. The second-order valence-corrected chi connectivity index (χ2v) is 5.54. The molecule has 0 fully saturated rings. The standard InChI is InChI=1S/C16H19N3O3/c1-16(2,10-8-14(20)21)19-15-17-11-9-13(18-15)22-12-6-4-3-5-7-12/h3-7,9,11H,8,10H2,1-2H3,(H,20,21)(H,17,18,19). The zero-order valence-electron chi connectivity index (χ0n) is 12.6. The van der Waals surface area contributed by atoms with Gasteiger partial charge in [-0.05, 0) is 32.4 Å². The van der Waals surface area contributed by atoms with Gasteiger partial charge in [0.2, 0.25) is 11.8 Å². The van der Waals surface area contributed by atoms with Gasteiger partial charge >= 0.3 is 5.97 Å². The lowest BCUT2D eigenvalue weighted by atomic mass is 9.99. The third-order valence-electron chi connectivity index (χ3n) is 3.01. The van der Waals surface area contributed by atoms with Gasteiger partial charge in [0.1, 0.15) is 5.75 Å². The second-order valence-electron chi connectivity index (χ2n) is 5.54. The van der Waals surface area contributed by atoms with Crippen LogP contribution in [-0.2, 0) is 4.79 Å². The van der Waals surface area contributed by atoms with E-state index >= 15 is 0 Å². The smallest absolute Gasteiger partial charge is 0.303 e. The van der Waals surface area contributed by atoms with Gasteiger partial charge in [-0.15, -0.1) is 0 Å². The average molecular weight is 301 g/mol. The van der Waals surface area contributed by atoms with E-state index in [1.54, 1.807) is 12.3 Å². The number of hydrogen-bond acceptors (Lipinski definition) is 5. The van der Waals surface area contributed by atoms with Crippen molar-refractivity contribution in [1.82, 2.24) is 9.97 Å². The lowest BCUT2D eigenvalue weighted by Crippen LogP contribution is -2.32. The quantitative estimate of drug-likeness (QED) is 0.816. The van der Waals surface area contributed by atoms with Crippen LogP contribution in [-0.4, -0.2) is 26.6 Å². The third kappa shape index (κ3) is 5.05. The molecule has 0 atom stereocenters. The van der Waals surface area contributed by atoms with Gasteiger partial charge in [0.15, 0.2) is 0 Å². The number of ether oxygens (including phenoxy) is 1. The highest BCUT2D eigenvalue weighted by molar-refractivity contribution is 5.66. The van der Waals surface area contributed by atoms with Crippen molar-refractivity contribution in [2.24, 2.45) is 0 Å². The van der Waals surface area contributed by atoms with Crippen molar-refractivity contribution in [1.29, 1.82) is 0 Å². The normalized spacial score (nSPS) is 11.0. The van der Waals surface area contributed by atoms with E-state index in [9.17, 15) is 4.79 Å². The molecule has 0 aliphatic heterocycles. The van der Waals surface area contributed by atoms with Gasteiger partial charge in [-0.25, -0.2) is 4.98 Å². The van der Waals surface area contributed by atoms with Gasteiger partial charge in [0, 0.05) is 24.2 Å². The summed E-state index contributed by atoms with van der Waals surface area (Å²) >= 11 is 0. The highest BCUT2D eigenvalue weighted by Gasteiger charge is 2.20. The van der Waals surface area contributed by atoms with E-state index in [2.05, 4.69) is 15.3 Å². The molecule has 0 aliphatic rings. The zero-order chi connectivity index (χ0) is 16.0. The molecule has 1 aromatic heterocycles. The minimum absolute atomic E-state index is 0.0835. The van der Waals surface area contributed by atoms with E-state index in [4.69, 9.17) is 9.84 Å². The van der Waals surface area contributed by atoms with Gasteiger partial charge in [-0.2, -0.15) is 4.98 Å². The zero-order valence-corrected chi connectivity index (χ0v) is 12.6. The molecule has 0 bridgehead atoms. The van der Waals surface area contributed by atoms with Crippen LogP contribution in [0.25, 0.3) is 0 Å². The van der Waals surface area contributed by atoms with Crippen molar-refractivity contribution in [3.05, 3.63) is 42.6 Å². The van der Waals surface area contributed by atoms with E-state index in [1.807, 2.05) is 44.2 Å². The van der Waals surface area contributed by atoms with E-state index in [-0.39, 0.29) is 6.42 Å². The maximum absolute atomic E-state index is 10.7. The molecule has 0 amide bonds. The Morgan fingerprint density at radius 3 is 2.68 bits per heavy atom. The first-order valence-corrected chi connectivity index (χ1v) is 7.00. The number of carbonyl (C=O) groups is 1. The van der Waals surface area contributed by atoms with E-state index in [0.29, 0.717) is 24.0 Å². The Kier molecular flexibility index (Phi) is 4.93. The summed E-state index contributed by atoms with van der Waals surface area (Å²) in [5, 5.41) is 11.9. The lowest BCUT2D eigenvalue weighted by Gasteiger charge is -2.25. The number of para-hydroxylation sites is 1. The molecular weight excluding hydrogens is 282 g/mol. The van der Waals surface area contributed by atoms with Crippen molar-refractivity contribution in [2.75, 3.05) is 5.32 Å². The number of nitrogens with one attached hydrogen (secondary N) is 1. The Morgan fingerprint density at radius 2 is 2.00 bits per heavy atom. The number of benzene rings is 1. The molecule has 0 radical (unpaired) electrons. The van der Waals surface area contributed by atoms with Crippen molar-refractivity contribution in [2.45, 2.75) is 32.2 Å². The monoisotopic (exact) mass is 301 g/mol. The number of rotatable bonds is 7. The molecule has 2 N–H and O–H groups in total. The number of carboxylic acids is 1. The van der Waals surface area contributed by atoms with Crippen LogP contribution in [0.3, 0.4) is 0 Å².